The van der Waals surface area contributed by atoms with Crippen LogP contribution in [0, 0.1) is 11.8 Å². The fourth-order valence-electron chi connectivity index (χ4n) is 2.31. The van der Waals surface area contributed by atoms with Crippen molar-refractivity contribution in [3.05, 3.63) is 0 Å². The monoisotopic (exact) mass is 286 g/mol. The van der Waals surface area contributed by atoms with Crippen molar-refractivity contribution < 1.29 is 14.7 Å². The molecule has 2 atom stereocenters. The van der Waals surface area contributed by atoms with Crippen LogP contribution in [0.15, 0.2) is 0 Å². The molecule has 0 aromatic rings. The Kier molecular flexibility index (Phi) is 9.86. The van der Waals surface area contributed by atoms with Crippen molar-refractivity contribution in [3.8, 4) is 0 Å². The lowest BCUT2D eigenvalue weighted by Gasteiger charge is -2.18. The minimum atomic E-state index is -0.753. The summed E-state index contributed by atoms with van der Waals surface area (Å²) in [5, 5.41) is 14.4. The molecule has 2 unspecified atom stereocenters. The molecule has 0 heterocycles. The molecule has 0 aromatic heterocycles. The second-order valence-corrected chi connectivity index (χ2v) is 5.93. The van der Waals surface area contributed by atoms with Crippen molar-refractivity contribution in [2.45, 2.75) is 65.8 Å². The zero-order valence-electron chi connectivity index (χ0n) is 13.2. The highest BCUT2D eigenvalue weighted by Gasteiger charge is 2.11. The summed E-state index contributed by atoms with van der Waals surface area (Å²) in [4.78, 5) is 22.2. The Bertz CT molecular complexity index is 293. The van der Waals surface area contributed by atoms with Crippen molar-refractivity contribution in [2.24, 2.45) is 11.8 Å². The van der Waals surface area contributed by atoms with E-state index in [-0.39, 0.29) is 18.5 Å². The van der Waals surface area contributed by atoms with E-state index in [1.807, 2.05) is 6.92 Å². The van der Waals surface area contributed by atoms with Crippen LogP contribution < -0.4 is 10.6 Å². The first kappa shape index (κ1) is 18.7. The lowest BCUT2D eigenvalue weighted by atomic mass is 9.97. The van der Waals surface area contributed by atoms with Crippen LogP contribution in [0.3, 0.4) is 0 Å². The minimum absolute atomic E-state index is 0.133. The number of carbonyl (C=O) groups excluding carboxylic acids is 1. The van der Waals surface area contributed by atoms with E-state index in [9.17, 15) is 9.59 Å². The van der Waals surface area contributed by atoms with E-state index in [4.69, 9.17) is 5.11 Å². The van der Waals surface area contributed by atoms with Gasteiger partial charge in [-0.1, -0.05) is 27.2 Å². The molecule has 20 heavy (non-hydrogen) atoms. The van der Waals surface area contributed by atoms with Gasteiger partial charge >= 0.3 is 12.0 Å². The van der Waals surface area contributed by atoms with Gasteiger partial charge in [-0.2, -0.15) is 0 Å². The molecule has 5 nitrogen and oxygen atoms in total. The quantitative estimate of drug-likeness (QED) is 0.577. The molecule has 0 bridgehead atoms. The van der Waals surface area contributed by atoms with E-state index in [1.54, 1.807) is 0 Å². The topological polar surface area (TPSA) is 78.4 Å². The van der Waals surface area contributed by atoms with E-state index in [2.05, 4.69) is 31.4 Å². The van der Waals surface area contributed by atoms with Crippen molar-refractivity contribution in [1.29, 1.82) is 0 Å². The van der Waals surface area contributed by atoms with Gasteiger partial charge in [0.2, 0.25) is 0 Å². The number of nitrogens with one attached hydrogen (secondary N) is 2. The van der Waals surface area contributed by atoms with Crippen LogP contribution in [0.2, 0.25) is 0 Å². The Labute approximate surface area is 122 Å². The van der Waals surface area contributed by atoms with Crippen LogP contribution in [-0.2, 0) is 4.79 Å². The normalized spacial score (nSPS) is 13.8. The molecule has 3 N–H and O–H groups in total. The van der Waals surface area contributed by atoms with Crippen molar-refractivity contribution in [3.63, 3.8) is 0 Å². The van der Waals surface area contributed by atoms with Crippen LogP contribution in [-0.4, -0.2) is 29.7 Å². The average molecular weight is 286 g/mol. The first-order chi connectivity index (χ1) is 9.35. The van der Waals surface area contributed by atoms with Gasteiger partial charge in [0.05, 0.1) is 0 Å². The minimum Gasteiger partial charge on any atom is -0.481 e. The van der Waals surface area contributed by atoms with Crippen molar-refractivity contribution in [2.75, 3.05) is 6.54 Å². The van der Waals surface area contributed by atoms with Crippen LogP contribution in [0.1, 0.15) is 59.8 Å². The lowest BCUT2D eigenvalue weighted by molar-refractivity contribution is -0.137. The third-order valence-corrected chi connectivity index (χ3v) is 3.38. The summed E-state index contributed by atoms with van der Waals surface area (Å²) >= 11 is 0. The van der Waals surface area contributed by atoms with E-state index < -0.39 is 5.97 Å². The van der Waals surface area contributed by atoms with E-state index in [0.29, 0.717) is 24.8 Å². The summed E-state index contributed by atoms with van der Waals surface area (Å²) in [5.41, 5.74) is 0. The van der Waals surface area contributed by atoms with Crippen LogP contribution in [0.4, 0.5) is 4.79 Å². The van der Waals surface area contributed by atoms with Crippen LogP contribution >= 0.6 is 0 Å². The van der Waals surface area contributed by atoms with Gasteiger partial charge in [-0.05, 0) is 38.0 Å². The lowest BCUT2D eigenvalue weighted by Crippen LogP contribution is -2.41. The maximum Gasteiger partial charge on any atom is 0.314 e. The number of hydrogen-bond donors (Lipinski definition) is 3. The largest absolute Gasteiger partial charge is 0.481 e. The summed E-state index contributed by atoms with van der Waals surface area (Å²) in [6.07, 6.45) is 3.62. The average Bonchev–Trinajstić information content (AvgIpc) is 2.31. The fraction of sp³-hybridized carbons (Fsp3) is 0.867. The summed E-state index contributed by atoms with van der Waals surface area (Å²) in [5.74, 6) is 0.168. The number of aliphatic carboxylic acids is 1. The Morgan fingerprint density at radius 2 is 1.80 bits per heavy atom. The molecule has 0 rings (SSSR count). The first-order valence-corrected chi connectivity index (χ1v) is 7.61. The Morgan fingerprint density at radius 3 is 2.30 bits per heavy atom. The SMILES string of the molecule is CCC(CCNC(=O)NC(C)CC(C)C)CCC(=O)O. The maximum atomic E-state index is 11.7. The number of rotatable bonds is 10. The zero-order valence-corrected chi connectivity index (χ0v) is 13.2. The standard InChI is InChI=1S/C15H30N2O3/c1-5-13(6-7-14(18)19)8-9-16-15(20)17-12(4)10-11(2)3/h11-13H,5-10H2,1-4H3,(H,18,19)(H2,16,17,20). The highest BCUT2D eigenvalue weighted by molar-refractivity contribution is 5.74. The molecule has 0 aliphatic heterocycles. The third-order valence-electron chi connectivity index (χ3n) is 3.38. The van der Waals surface area contributed by atoms with Gasteiger partial charge in [-0.3, -0.25) is 4.79 Å². The van der Waals surface area contributed by atoms with Crippen molar-refractivity contribution in [1.82, 2.24) is 10.6 Å². The highest BCUT2D eigenvalue weighted by atomic mass is 16.4. The zero-order chi connectivity index (χ0) is 15.5. The Hall–Kier alpha value is -1.26. The van der Waals surface area contributed by atoms with Gasteiger partial charge in [-0.15, -0.1) is 0 Å². The summed E-state index contributed by atoms with van der Waals surface area (Å²) in [6.45, 7) is 8.91. The van der Waals surface area contributed by atoms with Crippen LogP contribution in [0.25, 0.3) is 0 Å². The summed E-state index contributed by atoms with van der Waals surface area (Å²) < 4.78 is 0. The molecule has 0 saturated heterocycles. The number of urea groups is 1. The van der Waals surface area contributed by atoms with Gasteiger partial charge in [0, 0.05) is 19.0 Å². The highest BCUT2D eigenvalue weighted by Crippen LogP contribution is 2.14. The van der Waals surface area contributed by atoms with Gasteiger partial charge in [0.15, 0.2) is 0 Å². The predicted octanol–water partition coefficient (Wildman–Crippen LogP) is 3.00. The number of carboxylic acids is 1. The number of amides is 2. The van der Waals surface area contributed by atoms with Crippen LogP contribution in [0.5, 0.6) is 0 Å². The van der Waals surface area contributed by atoms with Gasteiger partial charge < -0.3 is 15.7 Å². The number of carbonyl (C=O) groups is 2. The molecular formula is C15H30N2O3. The molecular weight excluding hydrogens is 256 g/mol. The predicted molar refractivity (Wildman–Crippen MR) is 80.7 cm³/mol. The summed E-state index contributed by atoms with van der Waals surface area (Å²) in [6, 6.07) is 0.0372. The molecule has 118 valence electrons. The smallest absolute Gasteiger partial charge is 0.314 e. The van der Waals surface area contributed by atoms with Gasteiger partial charge in [0.1, 0.15) is 0 Å². The van der Waals surface area contributed by atoms with E-state index >= 15 is 0 Å². The van der Waals surface area contributed by atoms with E-state index in [0.717, 1.165) is 19.3 Å². The second kappa shape index (κ2) is 10.5. The molecule has 0 aliphatic carbocycles. The first-order valence-electron chi connectivity index (χ1n) is 7.61. The molecule has 5 heteroatoms. The fourth-order valence-corrected chi connectivity index (χ4v) is 2.31. The van der Waals surface area contributed by atoms with E-state index in [1.165, 1.54) is 0 Å². The molecule has 0 fully saturated rings. The van der Waals surface area contributed by atoms with Gasteiger partial charge in [0.25, 0.3) is 0 Å². The van der Waals surface area contributed by atoms with Crippen molar-refractivity contribution >= 4 is 12.0 Å². The molecule has 2 amide bonds. The molecule has 0 saturated carbocycles. The summed E-state index contributed by atoms with van der Waals surface area (Å²) in [7, 11) is 0. The maximum absolute atomic E-state index is 11.7. The second-order valence-electron chi connectivity index (χ2n) is 5.93. The molecule has 0 aliphatic rings. The molecule has 0 aromatic carbocycles. The number of carboxylic acid groups (broad SMARTS) is 1. The Morgan fingerprint density at radius 1 is 1.15 bits per heavy atom. The number of hydrogen-bond acceptors (Lipinski definition) is 2. The Balaban J connectivity index is 3.80. The third kappa shape index (κ3) is 10.6. The van der Waals surface area contributed by atoms with Gasteiger partial charge in [-0.25, -0.2) is 4.79 Å². The molecule has 0 spiro atoms. The molecule has 0 radical (unpaired) electrons.